The van der Waals surface area contributed by atoms with Crippen molar-refractivity contribution in [2.75, 3.05) is 39.3 Å². The minimum Gasteiger partial charge on any atom is -0.339 e. The molecule has 2 aliphatic rings. The van der Waals surface area contributed by atoms with E-state index in [0.717, 1.165) is 32.4 Å². The molecule has 0 aromatic carbocycles. The summed E-state index contributed by atoms with van der Waals surface area (Å²) in [6.07, 6.45) is 2.69. The number of carbonyl (C=O) groups is 2. The molecule has 2 atom stereocenters. The second-order valence-corrected chi connectivity index (χ2v) is 6.04. The van der Waals surface area contributed by atoms with Crippen molar-refractivity contribution < 1.29 is 9.59 Å². The van der Waals surface area contributed by atoms with Gasteiger partial charge in [0.25, 0.3) is 0 Å². The van der Waals surface area contributed by atoms with Gasteiger partial charge in [0.05, 0.1) is 0 Å². The van der Waals surface area contributed by atoms with Crippen LogP contribution in [0.3, 0.4) is 0 Å². The molecule has 128 valence electrons. The average Bonchev–Trinajstić information content (AvgIpc) is 2.94. The molecule has 2 rings (SSSR count). The lowest BCUT2D eigenvalue weighted by Gasteiger charge is -2.38. The number of nitrogens with zero attached hydrogens (tertiary/aromatic N) is 3. The molecule has 22 heavy (non-hydrogen) atoms. The number of amides is 3. The van der Waals surface area contributed by atoms with Crippen molar-refractivity contribution in [3.63, 3.8) is 0 Å². The number of hydrogen-bond acceptors (Lipinski definition) is 3. The lowest BCUT2D eigenvalue weighted by atomic mass is 10.1. The van der Waals surface area contributed by atoms with Crippen LogP contribution in [0.5, 0.6) is 0 Å². The molecule has 1 aliphatic heterocycles. The van der Waals surface area contributed by atoms with Crippen LogP contribution in [-0.4, -0.2) is 71.9 Å². The minimum absolute atomic E-state index is 0. The third-order valence-corrected chi connectivity index (χ3v) is 4.72. The van der Waals surface area contributed by atoms with Crippen LogP contribution in [0.1, 0.15) is 33.1 Å². The molecule has 2 N–H and O–H groups in total. The highest BCUT2D eigenvalue weighted by Crippen LogP contribution is 2.26. The highest BCUT2D eigenvalue weighted by molar-refractivity contribution is 5.85. The third-order valence-electron chi connectivity index (χ3n) is 4.72. The van der Waals surface area contributed by atoms with Crippen LogP contribution in [0.15, 0.2) is 0 Å². The van der Waals surface area contributed by atoms with Gasteiger partial charge in [-0.2, -0.15) is 0 Å². The van der Waals surface area contributed by atoms with Crippen LogP contribution in [0.2, 0.25) is 0 Å². The van der Waals surface area contributed by atoms with Crippen LogP contribution >= 0.6 is 12.4 Å². The highest BCUT2D eigenvalue weighted by Gasteiger charge is 2.33. The van der Waals surface area contributed by atoms with E-state index in [2.05, 4.69) is 0 Å². The van der Waals surface area contributed by atoms with Gasteiger partial charge < -0.3 is 20.4 Å². The molecule has 1 aliphatic carbocycles. The van der Waals surface area contributed by atoms with E-state index in [-0.39, 0.29) is 36.3 Å². The molecule has 0 aromatic rings. The van der Waals surface area contributed by atoms with E-state index in [1.165, 1.54) is 0 Å². The first-order chi connectivity index (χ1) is 10.1. The molecular formula is C15H29ClN4O2. The second-order valence-electron chi connectivity index (χ2n) is 6.04. The van der Waals surface area contributed by atoms with Gasteiger partial charge in [0.2, 0.25) is 5.91 Å². The maximum absolute atomic E-state index is 12.4. The fourth-order valence-electron chi connectivity index (χ4n) is 3.31. The maximum Gasteiger partial charge on any atom is 0.320 e. The van der Waals surface area contributed by atoms with E-state index < -0.39 is 0 Å². The number of rotatable bonds is 3. The Labute approximate surface area is 139 Å². The lowest BCUT2D eigenvalue weighted by molar-refractivity contribution is -0.136. The average molecular weight is 333 g/mol. The van der Waals surface area contributed by atoms with Gasteiger partial charge in [-0.25, -0.2) is 4.79 Å². The van der Waals surface area contributed by atoms with E-state index in [1.807, 2.05) is 28.5 Å². The summed E-state index contributed by atoms with van der Waals surface area (Å²) in [6.45, 7) is 8.02. The summed E-state index contributed by atoms with van der Waals surface area (Å²) in [4.78, 5) is 30.3. The second kappa shape index (κ2) is 8.58. The van der Waals surface area contributed by atoms with Crippen LogP contribution in [0.4, 0.5) is 4.79 Å². The Morgan fingerprint density at radius 2 is 1.59 bits per heavy atom. The van der Waals surface area contributed by atoms with Crippen LogP contribution < -0.4 is 5.73 Å². The Bertz CT molecular complexity index is 382. The quantitative estimate of drug-likeness (QED) is 0.842. The monoisotopic (exact) mass is 332 g/mol. The Morgan fingerprint density at radius 3 is 2.05 bits per heavy atom. The number of nitrogens with two attached hydrogens (primary N) is 1. The summed E-state index contributed by atoms with van der Waals surface area (Å²) in [5.74, 6) is 0.336. The Hall–Kier alpha value is -1.01. The number of piperazine rings is 1. The van der Waals surface area contributed by atoms with Gasteiger partial charge in [-0.05, 0) is 33.1 Å². The summed E-state index contributed by atoms with van der Waals surface area (Å²) in [6, 6.07) is 0.277. The summed E-state index contributed by atoms with van der Waals surface area (Å²) < 4.78 is 0. The Balaban J connectivity index is 0.00000242. The standard InChI is InChI=1S/C15H28N4O2.ClH/c1-3-17(4-2)15(21)19-9-7-18(8-10-19)14(20)12-5-6-13(16)11-12;/h12-13H,3-11,16H2,1-2H3;1H. The fourth-order valence-corrected chi connectivity index (χ4v) is 3.31. The largest absolute Gasteiger partial charge is 0.339 e. The number of halogens is 1. The number of urea groups is 1. The van der Waals surface area contributed by atoms with Crippen molar-refractivity contribution in [1.82, 2.24) is 14.7 Å². The zero-order chi connectivity index (χ0) is 15.4. The maximum atomic E-state index is 12.4. The van der Waals surface area contributed by atoms with E-state index in [4.69, 9.17) is 5.73 Å². The van der Waals surface area contributed by atoms with Crippen molar-refractivity contribution in [3.8, 4) is 0 Å². The van der Waals surface area contributed by atoms with Crippen LogP contribution in [-0.2, 0) is 4.79 Å². The van der Waals surface area contributed by atoms with Gasteiger partial charge in [-0.3, -0.25) is 4.79 Å². The number of carbonyl (C=O) groups excluding carboxylic acids is 2. The molecular weight excluding hydrogens is 304 g/mol. The van der Waals surface area contributed by atoms with Gasteiger partial charge in [-0.15, -0.1) is 12.4 Å². The lowest BCUT2D eigenvalue weighted by Crippen LogP contribution is -2.54. The third kappa shape index (κ3) is 4.26. The minimum atomic E-state index is 0. The van der Waals surface area contributed by atoms with Gasteiger partial charge in [-0.1, -0.05) is 0 Å². The zero-order valence-corrected chi connectivity index (χ0v) is 14.5. The SMILES string of the molecule is CCN(CC)C(=O)N1CCN(C(=O)C2CCC(N)C2)CC1.Cl. The molecule has 2 unspecified atom stereocenters. The van der Waals surface area contributed by atoms with Gasteiger partial charge in [0.15, 0.2) is 0 Å². The molecule has 7 heteroatoms. The summed E-state index contributed by atoms with van der Waals surface area (Å²) in [5.41, 5.74) is 5.89. The van der Waals surface area contributed by atoms with E-state index >= 15 is 0 Å². The molecule has 2 fully saturated rings. The normalized spacial score (nSPS) is 24.9. The first kappa shape index (κ1) is 19.0. The smallest absolute Gasteiger partial charge is 0.320 e. The van der Waals surface area contributed by atoms with Crippen LogP contribution in [0.25, 0.3) is 0 Å². The molecule has 0 spiro atoms. The first-order valence-electron chi connectivity index (χ1n) is 8.15. The van der Waals surface area contributed by atoms with E-state index in [0.29, 0.717) is 26.2 Å². The first-order valence-corrected chi connectivity index (χ1v) is 8.15. The molecule has 6 nitrogen and oxygen atoms in total. The Kier molecular flexibility index (Phi) is 7.42. The summed E-state index contributed by atoms with van der Waals surface area (Å²) in [7, 11) is 0. The van der Waals surface area contributed by atoms with Crippen LogP contribution in [0, 0.1) is 5.92 Å². The molecule has 3 amide bonds. The van der Waals surface area contributed by atoms with E-state index in [9.17, 15) is 9.59 Å². The van der Waals surface area contributed by atoms with Crippen molar-refractivity contribution >= 4 is 24.3 Å². The van der Waals surface area contributed by atoms with Crippen molar-refractivity contribution in [2.24, 2.45) is 11.7 Å². The molecule has 1 saturated carbocycles. The predicted molar refractivity (Wildman–Crippen MR) is 89.0 cm³/mol. The van der Waals surface area contributed by atoms with Crippen molar-refractivity contribution in [2.45, 2.75) is 39.2 Å². The van der Waals surface area contributed by atoms with E-state index in [1.54, 1.807) is 0 Å². The van der Waals surface area contributed by atoms with Crippen molar-refractivity contribution in [3.05, 3.63) is 0 Å². The topological polar surface area (TPSA) is 69.9 Å². The molecule has 0 aromatic heterocycles. The highest BCUT2D eigenvalue weighted by atomic mass is 35.5. The summed E-state index contributed by atoms with van der Waals surface area (Å²) in [5, 5.41) is 0. The van der Waals surface area contributed by atoms with Crippen molar-refractivity contribution in [1.29, 1.82) is 0 Å². The predicted octanol–water partition coefficient (Wildman–Crippen LogP) is 1.14. The zero-order valence-electron chi connectivity index (χ0n) is 13.7. The number of hydrogen-bond donors (Lipinski definition) is 1. The van der Waals surface area contributed by atoms with Gasteiger partial charge >= 0.3 is 6.03 Å². The fraction of sp³-hybridized carbons (Fsp3) is 0.867. The van der Waals surface area contributed by atoms with Gasteiger partial charge in [0.1, 0.15) is 0 Å². The molecule has 1 heterocycles. The molecule has 0 bridgehead atoms. The summed E-state index contributed by atoms with van der Waals surface area (Å²) >= 11 is 0. The molecule has 0 radical (unpaired) electrons. The van der Waals surface area contributed by atoms with Gasteiger partial charge in [0, 0.05) is 51.2 Å². The Morgan fingerprint density at radius 1 is 1.05 bits per heavy atom. The molecule has 1 saturated heterocycles.